The van der Waals surface area contributed by atoms with Crippen molar-refractivity contribution in [1.29, 1.82) is 0 Å². The summed E-state index contributed by atoms with van der Waals surface area (Å²) >= 11 is 0. The third kappa shape index (κ3) is 4.75. The Morgan fingerprint density at radius 1 is 0.914 bits per heavy atom. The van der Waals surface area contributed by atoms with Crippen LogP contribution in [0.3, 0.4) is 0 Å². The quantitative estimate of drug-likeness (QED) is 0.456. The number of nitrogens with zero attached hydrogens (tertiary/aromatic N) is 6. The van der Waals surface area contributed by atoms with Crippen molar-refractivity contribution < 1.29 is 18.0 Å². The van der Waals surface area contributed by atoms with Crippen LogP contribution in [0, 0.1) is 17.5 Å². The third-order valence-electron chi connectivity index (χ3n) is 5.97. The van der Waals surface area contributed by atoms with Crippen LogP contribution in [-0.4, -0.2) is 58.4 Å². The molecule has 0 saturated carbocycles. The first-order valence-electron chi connectivity index (χ1n) is 11.1. The Kier molecular flexibility index (Phi) is 6.21. The number of halogens is 3. The molecule has 2 aromatic heterocycles. The Balaban J connectivity index is 1.22. The van der Waals surface area contributed by atoms with Crippen LogP contribution in [-0.2, 0) is 6.54 Å². The number of carbonyl (C=O) groups excluding carboxylic acids is 1. The minimum Gasteiger partial charge on any atom is -0.368 e. The van der Waals surface area contributed by atoms with Gasteiger partial charge in [-0.25, -0.2) is 27.8 Å². The van der Waals surface area contributed by atoms with Gasteiger partial charge in [0.25, 0.3) is 5.91 Å². The highest BCUT2D eigenvalue weighted by Crippen LogP contribution is 2.25. The number of benzene rings is 2. The second-order valence-corrected chi connectivity index (χ2v) is 8.14. The molecule has 5 rings (SSSR count). The summed E-state index contributed by atoms with van der Waals surface area (Å²) in [6.07, 6.45) is 3.19. The van der Waals surface area contributed by atoms with Crippen molar-refractivity contribution in [3.8, 4) is 0 Å². The summed E-state index contributed by atoms with van der Waals surface area (Å²) in [4.78, 5) is 25.4. The molecule has 0 atom stereocenters. The Morgan fingerprint density at radius 3 is 2.40 bits per heavy atom. The number of nitrogens with one attached hydrogen (secondary N) is 1. The summed E-state index contributed by atoms with van der Waals surface area (Å²) in [7, 11) is 0. The number of fused-ring (bicyclic) bond motifs is 1. The molecule has 8 nitrogen and oxygen atoms in total. The maximum atomic E-state index is 13.4. The standard InChI is InChI=1S/C24H22F3N7O/c25-17-2-4-18(5-3-17)32-9-11-33(12-10-32)22-19-14-31-34(23(19)30-15-29-22)8-7-28-24(35)16-1-6-20(26)21(27)13-16/h1-6,13-15H,7-12H2,(H,28,35). The van der Waals surface area contributed by atoms with Crippen LogP contribution in [0.1, 0.15) is 10.4 Å². The van der Waals surface area contributed by atoms with Gasteiger partial charge in [0.1, 0.15) is 18.0 Å². The summed E-state index contributed by atoms with van der Waals surface area (Å²) in [5.41, 5.74) is 1.66. The number of amides is 1. The second-order valence-electron chi connectivity index (χ2n) is 8.14. The van der Waals surface area contributed by atoms with Gasteiger partial charge in [-0.05, 0) is 42.5 Å². The minimum atomic E-state index is -1.07. The van der Waals surface area contributed by atoms with Crippen LogP contribution in [0.15, 0.2) is 55.0 Å². The van der Waals surface area contributed by atoms with Crippen molar-refractivity contribution in [3.05, 3.63) is 78.0 Å². The van der Waals surface area contributed by atoms with Crippen molar-refractivity contribution in [1.82, 2.24) is 25.1 Å². The van der Waals surface area contributed by atoms with E-state index in [9.17, 15) is 18.0 Å². The van der Waals surface area contributed by atoms with E-state index in [0.29, 0.717) is 12.2 Å². The van der Waals surface area contributed by atoms with Gasteiger partial charge in [-0.1, -0.05) is 0 Å². The van der Waals surface area contributed by atoms with Gasteiger partial charge in [0.2, 0.25) is 0 Å². The molecule has 0 radical (unpaired) electrons. The van der Waals surface area contributed by atoms with Gasteiger partial charge in [0.15, 0.2) is 17.3 Å². The summed E-state index contributed by atoms with van der Waals surface area (Å²) in [6.45, 7) is 3.57. The Labute approximate surface area is 199 Å². The predicted octanol–water partition coefficient (Wildman–Crippen LogP) is 3.00. The van der Waals surface area contributed by atoms with Crippen LogP contribution >= 0.6 is 0 Å². The molecular formula is C24H22F3N7O. The van der Waals surface area contributed by atoms with E-state index in [1.165, 1.54) is 24.5 Å². The number of hydrogen-bond acceptors (Lipinski definition) is 6. The molecular weight excluding hydrogens is 459 g/mol. The first-order chi connectivity index (χ1) is 17.0. The van der Waals surface area contributed by atoms with Crippen molar-refractivity contribution in [3.63, 3.8) is 0 Å². The molecule has 11 heteroatoms. The molecule has 2 aromatic carbocycles. The van der Waals surface area contributed by atoms with Crippen molar-refractivity contribution in [2.24, 2.45) is 0 Å². The summed E-state index contributed by atoms with van der Waals surface area (Å²) in [5.74, 6) is -2.05. The highest BCUT2D eigenvalue weighted by Gasteiger charge is 2.21. The molecule has 1 aliphatic rings. The number of hydrogen-bond donors (Lipinski definition) is 1. The molecule has 0 bridgehead atoms. The van der Waals surface area contributed by atoms with Gasteiger partial charge in [-0.2, -0.15) is 5.10 Å². The zero-order valence-corrected chi connectivity index (χ0v) is 18.7. The van der Waals surface area contributed by atoms with E-state index in [0.717, 1.165) is 55.2 Å². The van der Waals surface area contributed by atoms with E-state index < -0.39 is 17.5 Å². The normalized spacial score (nSPS) is 13.9. The third-order valence-corrected chi connectivity index (χ3v) is 5.97. The average Bonchev–Trinajstić information content (AvgIpc) is 3.29. The van der Waals surface area contributed by atoms with E-state index >= 15 is 0 Å². The van der Waals surface area contributed by atoms with Crippen LogP contribution in [0.25, 0.3) is 11.0 Å². The van der Waals surface area contributed by atoms with E-state index in [1.807, 2.05) is 0 Å². The Bertz CT molecular complexity index is 1350. The van der Waals surface area contributed by atoms with Crippen molar-refractivity contribution in [2.45, 2.75) is 6.54 Å². The number of anilines is 2. The van der Waals surface area contributed by atoms with Crippen LogP contribution in [0.4, 0.5) is 24.7 Å². The van der Waals surface area contributed by atoms with Crippen LogP contribution in [0.2, 0.25) is 0 Å². The van der Waals surface area contributed by atoms with Crippen molar-refractivity contribution >= 4 is 28.4 Å². The summed E-state index contributed by atoms with van der Waals surface area (Å²) in [6, 6.07) is 9.50. The van der Waals surface area contributed by atoms with Gasteiger partial charge in [-0.3, -0.25) is 4.79 Å². The smallest absolute Gasteiger partial charge is 0.251 e. The molecule has 180 valence electrons. The van der Waals surface area contributed by atoms with Gasteiger partial charge in [-0.15, -0.1) is 0 Å². The highest BCUT2D eigenvalue weighted by molar-refractivity contribution is 5.94. The monoisotopic (exact) mass is 481 g/mol. The fourth-order valence-electron chi connectivity index (χ4n) is 4.14. The fourth-order valence-corrected chi connectivity index (χ4v) is 4.14. The lowest BCUT2D eigenvalue weighted by atomic mass is 10.2. The molecule has 0 spiro atoms. The molecule has 1 N–H and O–H groups in total. The van der Waals surface area contributed by atoms with Crippen molar-refractivity contribution in [2.75, 3.05) is 42.5 Å². The van der Waals surface area contributed by atoms with Gasteiger partial charge < -0.3 is 15.1 Å². The highest BCUT2D eigenvalue weighted by atomic mass is 19.2. The van der Waals surface area contributed by atoms with E-state index in [4.69, 9.17) is 0 Å². The molecule has 0 aliphatic carbocycles. The molecule has 3 heterocycles. The summed E-state index contributed by atoms with van der Waals surface area (Å²) in [5, 5.41) is 7.88. The first kappa shape index (κ1) is 22.6. The first-order valence-corrected chi connectivity index (χ1v) is 11.1. The van der Waals surface area contributed by atoms with E-state index in [1.54, 1.807) is 23.0 Å². The molecule has 1 aliphatic heterocycles. The Morgan fingerprint density at radius 2 is 1.66 bits per heavy atom. The molecule has 35 heavy (non-hydrogen) atoms. The van der Waals surface area contributed by atoms with Gasteiger partial charge in [0, 0.05) is 44.0 Å². The lowest BCUT2D eigenvalue weighted by molar-refractivity contribution is 0.0951. The Hall–Kier alpha value is -4.15. The fraction of sp³-hybridized carbons (Fsp3) is 0.250. The van der Waals surface area contributed by atoms with Crippen LogP contribution in [0.5, 0.6) is 0 Å². The topological polar surface area (TPSA) is 79.2 Å². The lowest BCUT2D eigenvalue weighted by Crippen LogP contribution is -2.46. The second kappa shape index (κ2) is 9.61. The summed E-state index contributed by atoms with van der Waals surface area (Å²) < 4.78 is 41.3. The molecule has 0 unspecified atom stereocenters. The average molecular weight is 481 g/mol. The van der Waals surface area contributed by atoms with Gasteiger partial charge >= 0.3 is 0 Å². The van der Waals surface area contributed by atoms with Crippen LogP contribution < -0.4 is 15.1 Å². The molecule has 1 fully saturated rings. The van der Waals surface area contributed by atoms with E-state index in [-0.39, 0.29) is 17.9 Å². The maximum Gasteiger partial charge on any atom is 0.251 e. The number of piperazine rings is 1. The zero-order chi connectivity index (χ0) is 24.4. The molecule has 1 saturated heterocycles. The zero-order valence-electron chi connectivity index (χ0n) is 18.7. The largest absolute Gasteiger partial charge is 0.368 e. The molecule has 1 amide bonds. The van der Waals surface area contributed by atoms with Gasteiger partial charge in [0.05, 0.1) is 18.1 Å². The number of carbonyl (C=O) groups is 1. The molecule has 4 aromatic rings. The lowest BCUT2D eigenvalue weighted by Gasteiger charge is -2.36. The SMILES string of the molecule is O=C(NCCn1ncc2c(N3CCN(c4ccc(F)cc4)CC3)ncnc21)c1ccc(F)c(F)c1. The minimum absolute atomic E-state index is 0.0404. The number of rotatable bonds is 6. The maximum absolute atomic E-state index is 13.4. The van der Waals surface area contributed by atoms with E-state index in [2.05, 4.69) is 30.2 Å². The predicted molar refractivity (Wildman–Crippen MR) is 125 cm³/mol. The number of aromatic nitrogens is 4.